The SMILES string of the molecule is c1coc([C@H](CC2CC2)N2CCNCC2)c1. The van der Waals surface area contributed by atoms with Crippen molar-refractivity contribution in [1.82, 2.24) is 10.2 Å². The normalized spacial score (nSPS) is 24.5. The molecular formula is C13H20N2O. The number of piperazine rings is 1. The molecule has 0 aromatic carbocycles. The molecule has 3 rings (SSSR count). The second-order valence-corrected chi connectivity index (χ2v) is 5.00. The van der Waals surface area contributed by atoms with Crippen LogP contribution in [0.15, 0.2) is 22.8 Å². The number of hydrogen-bond donors (Lipinski definition) is 1. The molecule has 1 saturated carbocycles. The zero-order valence-electron chi connectivity index (χ0n) is 9.69. The lowest BCUT2D eigenvalue weighted by Crippen LogP contribution is -2.45. The maximum absolute atomic E-state index is 5.62. The zero-order chi connectivity index (χ0) is 10.8. The van der Waals surface area contributed by atoms with Crippen molar-refractivity contribution in [3.63, 3.8) is 0 Å². The van der Waals surface area contributed by atoms with Crippen LogP contribution in [0, 0.1) is 5.92 Å². The van der Waals surface area contributed by atoms with Gasteiger partial charge in [-0.2, -0.15) is 0 Å². The summed E-state index contributed by atoms with van der Waals surface area (Å²) in [6, 6.07) is 4.66. The van der Waals surface area contributed by atoms with Gasteiger partial charge in [0, 0.05) is 26.2 Å². The highest BCUT2D eigenvalue weighted by molar-refractivity contribution is 5.06. The van der Waals surface area contributed by atoms with E-state index in [1.54, 1.807) is 6.26 Å². The van der Waals surface area contributed by atoms with Crippen molar-refractivity contribution < 1.29 is 4.42 Å². The van der Waals surface area contributed by atoms with Crippen molar-refractivity contribution in [2.45, 2.75) is 25.3 Å². The Kier molecular flexibility index (Phi) is 2.98. The first-order valence-corrected chi connectivity index (χ1v) is 6.41. The van der Waals surface area contributed by atoms with E-state index in [9.17, 15) is 0 Å². The van der Waals surface area contributed by atoms with Crippen molar-refractivity contribution in [2.24, 2.45) is 5.92 Å². The highest BCUT2D eigenvalue weighted by Gasteiger charge is 2.31. The van der Waals surface area contributed by atoms with E-state index in [0.717, 1.165) is 37.9 Å². The number of furan rings is 1. The summed E-state index contributed by atoms with van der Waals surface area (Å²) in [5, 5.41) is 3.41. The largest absolute Gasteiger partial charge is 0.468 e. The first kappa shape index (κ1) is 10.4. The number of nitrogens with zero attached hydrogens (tertiary/aromatic N) is 1. The van der Waals surface area contributed by atoms with E-state index in [4.69, 9.17) is 4.42 Å². The molecule has 3 nitrogen and oxygen atoms in total. The number of hydrogen-bond acceptors (Lipinski definition) is 3. The number of nitrogens with one attached hydrogen (secondary N) is 1. The third-order valence-electron chi connectivity index (χ3n) is 3.72. The lowest BCUT2D eigenvalue weighted by Gasteiger charge is -2.33. The highest BCUT2D eigenvalue weighted by atomic mass is 16.3. The molecule has 1 aromatic rings. The smallest absolute Gasteiger partial charge is 0.120 e. The Balaban J connectivity index is 1.71. The Morgan fingerprint density at radius 2 is 2.19 bits per heavy atom. The average Bonchev–Trinajstić information content (AvgIpc) is 3.00. The van der Waals surface area contributed by atoms with Crippen LogP contribution in [0.4, 0.5) is 0 Å². The van der Waals surface area contributed by atoms with Crippen LogP contribution in [0.5, 0.6) is 0 Å². The molecule has 0 spiro atoms. The van der Waals surface area contributed by atoms with E-state index in [1.807, 2.05) is 6.07 Å². The van der Waals surface area contributed by atoms with Crippen LogP contribution in [0.3, 0.4) is 0 Å². The van der Waals surface area contributed by atoms with Crippen LogP contribution in [0.2, 0.25) is 0 Å². The quantitative estimate of drug-likeness (QED) is 0.841. The van der Waals surface area contributed by atoms with Gasteiger partial charge in [0.1, 0.15) is 5.76 Å². The van der Waals surface area contributed by atoms with Gasteiger partial charge < -0.3 is 9.73 Å². The van der Waals surface area contributed by atoms with E-state index < -0.39 is 0 Å². The van der Waals surface area contributed by atoms with Gasteiger partial charge in [0.2, 0.25) is 0 Å². The molecule has 1 atom stereocenters. The van der Waals surface area contributed by atoms with Crippen molar-refractivity contribution in [3.8, 4) is 0 Å². The lowest BCUT2D eigenvalue weighted by atomic mass is 10.1. The van der Waals surface area contributed by atoms with Gasteiger partial charge in [-0.3, -0.25) is 4.90 Å². The molecule has 1 saturated heterocycles. The molecule has 1 aromatic heterocycles. The van der Waals surface area contributed by atoms with Crippen molar-refractivity contribution >= 4 is 0 Å². The molecule has 0 radical (unpaired) electrons. The summed E-state index contributed by atoms with van der Waals surface area (Å²) in [6.07, 6.45) is 5.93. The van der Waals surface area contributed by atoms with Crippen LogP contribution >= 0.6 is 0 Å². The summed E-state index contributed by atoms with van der Waals surface area (Å²) in [5.74, 6) is 2.11. The Morgan fingerprint density at radius 3 is 2.81 bits per heavy atom. The van der Waals surface area contributed by atoms with E-state index in [-0.39, 0.29) is 0 Å². The van der Waals surface area contributed by atoms with Gasteiger partial charge in [-0.1, -0.05) is 12.8 Å². The lowest BCUT2D eigenvalue weighted by molar-refractivity contribution is 0.142. The van der Waals surface area contributed by atoms with Crippen molar-refractivity contribution in [3.05, 3.63) is 24.2 Å². The molecule has 3 heteroatoms. The molecule has 1 aliphatic heterocycles. The highest BCUT2D eigenvalue weighted by Crippen LogP contribution is 2.40. The molecule has 0 unspecified atom stereocenters. The first-order valence-electron chi connectivity index (χ1n) is 6.41. The Bertz CT molecular complexity index is 313. The third kappa shape index (κ3) is 2.30. The van der Waals surface area contributed by atoms with Gasteiger partial charge in [-0.25, -0.2) is 0 Å². The van der Waals surface area contributed by atoms with Crippen LogP contribution in [-0.2, 0) is 0 Å². The van der Waals surface area contributed by atoms with E-state index in [1.165, 1.54) is 19.3 Å². The third-order valence-corrected chi connectivity index (χ3v) is 3.72. The van der Waals surface area contributed by atoms with Gasteiger partial charge in [-0.15, -0.1) is 0 Å². The van der Waals surface area contributed by atoms with E-state index in [0.29, 0.717) is 6.04 Å². The van der Waals surface area contributed by atoms with Gasteiger partial charge in [0.05, 0.1) is 12.3 Å². The summed E-state index contributed by atoms with van der Waals surface area (Å²) in [7, 11) is 0. The predicted molar refractivity (Wildman–Crippen MR) is 63.2 cm³/mol. The summed E-state index contributed by atoms with van der Waals surface area (Å²) in [4.78, 5) is 2.58. The monoisotopic (exact) mass is 220 g/mol. The maximum Gasteiger partial charge on any atom is 0.120 e. The summed E-state index contributed by atoms with van der Waals surface area (Å²) in [5.41, 5.74) is 0. The van der Waals surface area contributed by atoms with Crippen LogP contribution < -0.4 is 5.32 Å². The summed E-state index contributed by atoms with van der Waals surface area (Å²) in [6.45, 7) is 4.53. The molecule has 2 fully saturated rings. The van der Waals surface area contributed by atoms with Gasteiger partial charge in [0.25, 0.3) is 0 Å². The second kappa shape index (κ2) is 4.60. The molecule has 1 aliphatic carbocycles. The molecule has 1 N–H and O–H groups in total. The summed E-state index contributed by atoms with van der Waals surface area (Å²) < 4.78 is 5.62. The molecule has 2 aliphatic rings. The van der Waals surface area contributed by atoms with Crippen molar-refractivity contribution in [1.29, 1.82) is 0 Å². The first-order chi connectivity index (χ1) is 7.93. The fraction of sp³-hybridized carbons (Fsp3) is 0.692. The number of rotatable bonds is 4. The van der Waals surface area contributed by atoms with Gasteiger partial charge in [0.15, 0.2) is 0 Å². The summed E-state index contributed by atoms with van der Waals surface area (Å²) >= 11 is 0. The van der Waals surface area contributed by atoms with Gasteiger partial charge >= 0.3 is 0 Å². The molecule has 16 heavy (non-hydrogen) atoms. The minimum Gasteiger partial charge on any atom is -0.468 e. The minimum absolute atomic E-state index is 0.518. The average molecular weight is 220 g/mol. The zero-order valence-corrected chi connectivity index (χ0v) is 9.69. The molecule has 2 heterocycles. The minimum atomic E-state index is 0.518. The Morgan fingerprint density at radius 1 is 1.38 bits per heavy atom. The topological polar surface area (TPSA) is 28.4 Å². The van der Waals surface area contributed by atoms with Crippen molar-refractivity contribution in [2.75, 3.05) is 26.2 Å². The fourth-order valence-corrected chi connectivity index (χ4v) is 2.59. The van der Waals surface area contributed by atoms with Gasteiger partial charge in [-0.05, 0) is 24.5 Å². The fourth-order valence-electron chi connectivity index (χ4n) is 2.59. The Hall–Kier alpha value is -0.800. The van der Waals surface area contributed by atoms with E-state index in [2.05, 4.69) is 16.3 Å². The van der Waals surface area contributed by atoms with Crippen LogP contribution in [0.1, 0.15) is 31.1 Å². The Labute approximate surface area is 96.8 Å². The van der Waals surface area contributed by atoms with E-state index >= 15 is 0 Å². The molecule has 0 amide bonds. The standard InChI is InChI=1S/C13H20N2O/c1-2-13(16-9-1)12(10-11-3-4-11)15-7-5-14-6-8-15/h1-2,9,11-12,14H,3-8,10H2/t12-/m0/s1. The molecular weight excluding hydrogens is 200 g/mol. The second-order valence-electron chi connectivity index (χ2n) is 5.00. The predicted octanol–water partition coefficient (Wildman–Crippen LogP) is 2.03. The molecule has 88 valence electrons. The molecule has 0 bridgehead atoms. The van der Waals surface area contributed by atoms with Crippen LogP contribution in [-0.4, -0.2) is 31.1 Å². The van der Waals surface area contributed by atoms with Crippen LogP contribution in [0.25, 0.3) is 0 Å². The maximum atomic E-state index is 5.62.